The summed E-state index contributed by atoms with van der Waals surface area (Å²) in [4.78, 5) is 9.19. The van der Waals surface area contributed by atoms with Crippen LogP contribution in [0.3, 0.4) is 0 Å². The summed E-state index contributed by atoms with van der Waals surface area (Å²) in [6.45, 7) is 5.25. The van der Waals surface area contributed by atoms with E-state index in [4.69, 9.17) is 0 Å². The molecule has 0 aromatic carbocycles. The van der Waals surface area contributed by atoms with Gasteiger partial charge < -0.3 is 10.6 Å². The maximum Gasteiger partial charge on any atom is 0.134 e. The van der Waals surface area contributed by atoms with Gasteiger partial charge in [0.1, 0.15) is 17.5 Å². The number of nitrogens with zero attached hydrogens (tertiary/aromatic N) is 2. The third-order valence-corrected chi connectivity index (χ3v) is 3.68. The van der Waals surface area contributed by atoms with Crippen molar-refractivity contribution in [3.8, 4) is 0 Å². The fourth-order valence-corrected chi connectivity index (χ4v) is 2.32. The molecular weight excluding hydrogens is 236 g/mol. The van der Waals surface area contributed by atoms with Crippen LogP contribution in [-0.4, -0.2) is 23.6 Å². The average Bonchev–Trinajstić information content (AvgIpc) is 3.22. The first-order valence-electron chi connectivity index (χ1n) is 7.53. The molecule has 0 atom stereocenters. The molecule has 1 aliphatic carbocycles. The second-order valence-corrected chi connectivity index (χ2v) is 5.47. The maximum atomic E-state index is 4.64. The van der Waals surface area contributed by atoms with Gasteiger partial charge in [0, 0.05) is 25.6 Å². The molecule has 1 fully saturated rings. The van der Waals surface area contributed by atoms with Gasteiger partial charge in [0.25, 0.3) is 0 Å². The highest BCUT2D eigenvalue weighted by Crippen LogP contribution is 2.33. The Morgan fingerprint density at radius 2 is 1.95 bits per heavy atom. The van der Waals surface area contributed by atoms with Crippen LogP contribution in [0.2, 0.25) is 0 Å². The third-order valence-electron chi connectivity index (χ3n) is 3.68. The Balaban J connectivity index is 1.96. The van der Waals surface area contributed by atoms with Gasteiger partial charge in [-0.25, -0.2) is 9.97 Å². The van der Waals surface area contributed by atoms with E-state index in [-0.39, 0.29) is 0 Å². The predicted molar refractivity (Wildman–Crippen MR) is 80.8 cm³/mol. The van der Waals surface area contributed by atoms with Gasteiger partial charge in [-0.15, -0.1) is 0 Å². The lowest BCUT2D eigenvalue weighted by atomic mass is 10.2. The molecule has 0 spiro atoms. The van der Waals surface area contributed by atoms with Crippen molar-refractivity contribution in [2.75, 3.05) is 24.2 Å². The SMILES string of the molecule is CCCc1nc(NC)c(C)c(NCCCC2CC2)n1. The molecule has 1 aromatic heterocycles. The molecule has 4 nitrogen and oxygen atoms in total. The second kappa shape index (κ2) is 6.73. The number of rotatable bonds is 8. The number of aryl methyl sites for hydroxylation is 1. The van der Waals surface area contributed by atoms with Crippen molar-refractivity contribution in [2.45, 2.75) is 52.4 Å². The van der Waals surface area contributed by atoms with Crippen LogP contribution in [0.5, 0.6) is 0 Å². The molecule has 4 heteroatoms. The Morgan fingerprint density at radius 1 is 1.21 bits per heavy atom. The molecule has 0 amide bonds. The third kappa shape index (κ3) is 4.08. The van der Waals surface area contributed by atoms with E-state index in [1.807, 2.05) is 7.05 Å². The quantitative estimate of drug-likeness (QED) is 0.705. The normalized spacial score (nSPS) is 14.5. The Kier molecular flexibility index (Phi) is 5.00. The first-order chi connectivity index (χ1) is 9.24. The van der Waals surface area contributed by atoms with Gasteiger partial charge in [-0.1, -0.05) is 19.8 Å². The van der Waals surface area contributed by atoms with Crippen LogP contribution in [0, 0.1) is 12.8 Å². The van der Waals surface area contributed by atoms with E-state index < -0.39 is 0 Å². The molecule has 1 heterocycles. The minimum absolute atomic E-state index is 0.933. The summed E-state index contributed by atoms with van der Waals surface area (Å²) < 4.78 is 0. The van der Waals surface area contributed by atoms with E-state index in [1.54, 1.807) is 0 Å². The first-order valence-corrected chi connectivity index (χ1v) is 7.53. The Labute approximate surface area is 116 Å². The summed E-state index contributed by atoms with van der Waals surface area (Å²) in [6.07, 6.45) is 7.50. The van der Waals surface area contributed by atoms with Gasteiger partial charge in [-0.05, 0) is 32.1 Å². The molecule has 1 saturated carbocycles. The van der Waals surface area contributed by atoms with Gasteiger partial charge in [0.15, 0.2) is 0 Å². The van der Waals surface area contributed by atoms with E-state index in [9.17, 15) is 0 Å². The molecule has 2 rings (SSSR count). The van der Waals surface area contributed by atoms with Gasteiger partial charge in [-0.3, -0.25) is 0 Å². The zero-order valence-electron chi connectivity index (χ0n) is 12.4. The molecule has 2 N–H and O–H groups in total. The van der Waals surface area contributed by atoms with Crippen LogP contribution < -0.4 is 10.6 Å². The summed E-state index contributed by atoms with van der Waals surface area (Å²) >= 11 is 0. The first kappa shape index (κ1) is 14.1. The van der Waals surface area contributed by atoms with Crippen molar-refractivity contribution >= 4 is 11.6 Å². The van der Waals surface area contributed by atoms with Gasteiger partial charge in [-0.2, -0.15) is 0 Å². The maximum absolute atomic E-state index is 4.64. The summed E-state index contributed by atoms with van der Waals surface area (Å²) in [5.74, 6) is 3.89. The fourth-order valence-electron chi connectivity index (χ4n) is 2.32. The van der Waals surface area contributed by atoms with Crippen LogP contribution in [0.1, 0.15) is 50.4 Å². The number of hydrogen-bond donors (Lipinski definition) is 2. The Morgan fingerprint density at radius 3 is 2.58 bits per heavy atom. The van der Waals surface area contributed by atoms with Crippen LogP contribution in [-0.2, 0) is 6.42 Å². The second-order valence-electron chi connectivity index (χ2n) is 5.47. The van der Waals surface area contributed by atoms with Crippen molar-refractivity contribution in [3.63, 3.8) is 0 Å². The van der Waals surface area contributed by atoms with Gasteiger partial charge in [0.2, 0.25) is 0 Å². The highest BCUT2D eigenvalue weighted by atomic mass is 15.1. The van der Waals surface area contributed by atoms with Gasteiger partial charge >= 0.3 is 0 Å². The standard InChI is InChI=1S/C15H26N4/c1-4-6-13-18-14(16-3)11(2)15(19-13)17-10-5-7-12-8-9-12/h12H,4-10H2,1-3H3,(H2,16,17,18,19). The molecule has 0 radical (unpaired) electrons. The molecule has 0 saturated heterocycles. The van der Waals surface area contributed by atoms with E-state index in [1.165, 1.54) is 25.7 Å². The molecule has 0 aliphatic heterocycles. The summed E-state index contributed by atoms with van der Waals surface area (Å²) in [6, 6.07) is 0. The van der Waals surface area contributed by atoms with E-state index in [0.29, 0.717) is 0 Å². The topological polar surface area (TPSA) is 49.8 Å². The molecular formula is C15H26N4. The molecule has 0 bridgehead atoms. The molecule has 19 heavy (non-hydrogen) atoms. The monoisotopic (exact) mass is 262 g/mol. The van der Waals surface area contributed by atoms with Crippen LogP contribution in [0.4, 0.5) is 11.6 Å². The number of aromatic nitrogens is 2. The van der Waals surface area contributed by atoms with Crippen LogP contribution in [0.25, 0.3) is 0 Å². The molecule has 1 aliphatic rings. The van der Waals surface area contributed by atoms with Crippen LogP contribution in [0.15, 0.2) is 0 Å². The lowest BCUT2D eigenvalue weighted by molar-refractivity contribution is 0.685. The van der Waals surface area contributed by atoms with Crippen molar-refractivity contribution in [3.05, 3.63) is 11.4 Å². The van der Waals surface area contributed by atoms with E-state index in [0.717, 1.165) is 48.3 Å². The van der Waals surface area contributed by atoms with Crippen molar-refractivity contribution in [1.29, 1.82) is 0 Å². The smallest absolute Gasteiger partial charge is 0.134 e. The largest absolute Gasteiger partial charge is 0.373 e. The van der Waals surface area contributed by atoms with E-state index >= 15 is 0 Å². The van der Waals surface area contributed by atoms with E-state index in [2.05, 4.69) is 34.4 Å². The molecule has 1 aromatic rings. The van der Waals surface area contributed by atoms with Crippen LogP contribution >= 0.6 is 0 Å². The molecule has 106 valence electrons. The summed E-state index contributed by atoms with van der Waals surface area (Å²) in [7, 11) is 1.92. The number of hydrogen-bond acceptors (Lipinski definition) is 4. The van der Waals surface area contributed by atoms with Crippen molar-refractivity contribution in [2.24, 2.45) is 5.92 Å². The number of anilines is 2. The minimum atomic E-state index is 0.933. The van der Waals surface area contributed by atoms with Crippen molar-refractivity contribution in [1.82, 2.24) is 9.97 Å². The summed E-state index contributed by atoms with van der Waals surface area (Å²) in [5, 5.41) is 6.64. The highest BCUT2D eigenvalue weighted by molar-refractivity contribution is 5.56. The van der Waals surface area contributed by atoms with Gasteiger partial charge in [0.05, 0.1) is 0 Å². The van der Waals surface area contributed by atoms with Crippen molar-refractivity contribution < 1.29 is 0 Å². The average molecular weight is 262 g/mol. The summed E-state index contributed by atoms with van der Waals surface area (Å²) in [5.41, 5.74) is 1.12. The molecule has 0 unspecified atom stereocenters. The Hall–Kier alpha value is -1.32. The predicted octanol–water partition coefficient (Wildman–Crippen LogP) is 3.38. The lowest BCUT2D eigenvalue weighted by Gasteiger charge is -2.13. The lowest BCUT2D eigenvalue weighted by Crippen LogP contribution is -2.10. The number of nitrogens with one attached hydrogen (secondary N) is 2. The fraction of sp³-hybridized carbons (Fsp3) is 0.733. The Bertz CT molecular complexity index is 413. The zero-order chi connectivity index (χ0) is 13.7. The zero-order valence-corrected chi connectivity index (χ0v) is 12.4. The minimum Gasteiger partial charge on any atom is -0.373 e. The highest BCUT2D eigenvalue weighted by Gasteiger charge is 2.20.